The fourth-order valence-corrected chi connectivity index (χ4v) is 1.58. The first-order valence-electron chi connectivity index (χ1n) is 5.59. The number of rotatable bonds is 3. The summed E-state index contributed by atoms with van der Waals surface area (Å²) in [5.74, 6) is -0.780. The van der Waals surface area contributed by atoms with E-state index in [4.69, 9.17) is 9.57 Å². The number of benzene rings is 1. The third-order valence-corrected chi connectivity index (χ3v) is 2.53. The van der Waals surface area contributed by atoms with Gasteiger partial charge in [0, 0.05) is 18.6 Å². The number of hydrogen-bond acceptors (Lipinski definition) is 3. The Labute approximate surface area is 98.7 Å². The Balaban J connectivity index is 1.82. The van der Waals surface area contributed by atoms with Crippen LogP contribution in [0.15, 0.2) is 24.3 Å². The predicted molar refractivity (Wildman–Crippen MR) is 58.5 cm³/mol. The van der Waals surface area contributed by atoms with Crippen molar-refractivity contribution < 1.29 is 18.8 Å². The maximum atomic E-state index is 12.6. The third-order valence-electron chi connectivity index (χ3n) is 2.53. The minimum Gasteiger partial charge on any atom is -0.350 e. The molecule has 1 aliphatic heterocycles. The number of hydrogen-bond donors (Lipinski definition) is 1. The van der Waals surface area contributed by atoms with Gasteiger partial charge in [0.2, 0.25) is 0 Å². The van der Waals surface area contributed by atoms with Crippen LogP contribution in [0, 0.1) is 5.82 Å². The first kappa shape index (κ1) is 12.0. The van der Waals surface area contributed by atoms with Crippen LogP contribution in [0.1, 0.15) is 29.6 Å². The molecule has 1 heterocycles. The fourth-order valence-electron chi connectivity index (χ4n) is 1.58. The zero-order valence-electron chi connectivity index (χ0n) is 9.32. The molecule has 0 saturated carbocycles. The lowest BCUT2D eigenvalue weighted by Gasteiger charge is -2.22. The van der Waals surface area contributed by atoms with Crippen LogP contribution in [0.4, 0.5) is 4.39 Å². The maximum absolute atomic E-state index is 12.6. The summed E-state index contributed by atoms with van der Waals surface area (Å²) < 4.78 is 17.9. The molecular formula is C12H14FNO3. The molecule has 0 unspecified atom stereocenters. The van der Waals surface area contributed by atoms with Crippen LogP contribution in [0.3, 0.4) is 0 Å². The molecule has 0 aliphatic carbocycles. The topological polar surface area (TPSA) is 47.6 Å². The lowest BCUT2D eigenvalue weighted by atomic mass is 10.2. The quantitative estimate of drug-likeness (QED) is 0.821. The first-order chi connectivity index (χ1) is 8.25. The van der Waals surface area contributed by atoms with Gasteiger partial charge in [0.25, 0.3) is 5.91 Å². The van der Waals surface area contributed by atoms with Gasteiger partial charge < -0.3 is 4.74 Å². The molecule has 92 valence electrons. The van der Waals surface area contributed by atoms with Gasteiger partial charge in [-0.25, -0.2) is 14.7 Å². The lowest BCUT2D eigenvalue weighted by molar-refractivity contribution is -0.186. The molecule has 0 aromatic heterocycles. The van der Waals surface area contributed by atoms with Crippen molar-refractivity contribution in [2.45, 2.75) is 25.6 Å². The SMILES string of the molecule is O=C(NO[C@@H]1CCCCO1)c1ccc(F)cc1. The minimum absolute atomic E-state index is 0.349. The first-order valence-corrected chi connectivity index (χ1v) is 5.59. The molecule has 0 spiro atoms. The Hall–Kier alpha value is -1.46. The second kappa shape index (κ2) is 5.75. The molecule has 0 bridgehead atoms. The molecule has 4 nitrogen and oxygen atoms in total. The molecule has 1 aromatic carbocycles. The van der Waals surface area contributed by atoms with Crippen molar-refractivity contribution in [2.24, 2.45) is 0 Å². The van der Waals surface area contributed by atoms with Crippen molar-refractivity contribution in [3.8, 4) is 0 Å². The number of nitrogens with one attached hydrogen (secondary N) is 1. The fraction of sp³-hybridized carbons (Fsp3) is 0.417. The summed E-state index contributed by atoms with van der Waals surface area (Å²) in [4.78, 5) is 16.7. The average molecular weight is 239 g/mol. The highest BCUT2D eigenvalue weighted by atomic mass is 19.1. The molecule has 2 rings (SSSR count). The standard InChI is InChI=1S/C12H14FNO3/c13-10-6-4-9(5-7-10)12(15)14-17-11-3-1-2-8-16-11/h4-7,11H,1-3,8H2,(H,14,15)/t11-/m1/s1. The van der Waals surface area contributed by atoms with E-state index in [0.29, 0.717) is 12.2 Å². The number of carbonyl (C=O) groups excluding carboxylic acids is 1. The van der Waals surface area contributed by atoms with E-state index in [1.165, 1.54) is 24.3 Å². The molecular weight excluding hydrogens is 225 g/mol. The van der Waals surface area contributed by atoms with Gasteiger partial charge in [-0.05, 0) is 37.1 Å². The molecule has 17 heavy (non-hydrogen) atoms. The summed E-state index contributed by atoms with van der Waals surface area (Å²) in [5.41, 5.74) is 2.65. The van der Waals surface area contributed by atoms with Gasteiger partial charge in [-0.3, -0.25) is 4.79 Å². The highest BCUT2D eigenvalue weighted by Crippen LogP contribution is 2.12. The van der Waals surface area contributed by atoms with Crippen molar-refractivity contribution in [3.63, 3.8) is 0 Å². The Morgan fingerprint density at radius 2 is 2.12 bits per heavy atom. The second-order valence-corrected chi connectivity index (χ2v) is 3.85. The summed E-state index contributed by atoms with van der Waals surface area (Å²) in [6, 6.07) is 5.25. The smallest absolute Gasteiger partial charge is 0.274 e. The summed E-state index contributed by atoms with van der Waals surface area (Å²) in [6.07, 6.45) is 2.43. The van der Waals surface area contributed by atoms with Gasteiger partial charge >= 0.3 is 0 Å². The third kappa shape index (κ3) is 3.51. The Bertz CT molecular complexity index is 374. The lowest BCUT2D eigenvalue weighted by Crippen LogP contribution is -2.33. The van der Waals surface area contributed by atoms with E-state index >= 15 is 0 Å². The molecule has 0 radical (unpaired) electrons. The van der Waals surface area contributed by atoms with Crippen LogP contribution < -0.4 is 5.48 Å². The molecule has 5 heteroatoms. The van der Waals surface area contributed by atoms with Crippen molar-refractivity contribution in [2.75, 3.05) is 6.61 Å². The Morgan fingerprint density at radius 1 is 1.35 bits per heavy atom. The number of carbonyl (C=O) groups is 1. The van der Waals surface area contributed by atoms with Crippen LogP contribution in [-0.2, 0) is 9.57 Å². The van der Waals surface area contributed by atoms with Crippen molar-refractivity contribution in [3.05, 3.63) is 35.6 Å². The predicted octanol–water partition coefficient (Wildman–Crippen LogP) is 2.01. The Morgan fingerprint density at radius 3 is 2.76 bits per heavy atom. The van der Waals surface area contributed by atoms with Crippen LogP contribution in [0.5, 0.6) is 0 Å². The molecule has 1 N–H and O–H groups in total. The van der Waals surface area contributed by atoms with Gasteiger partial charge in [0.15, 0.2) is 6.29 Å². The van der Waals surface area contributed by atoms with Crippen LogP contribution in [0.2, 0.25) is 0 Å². The number of ether oxygens (including phenoxy) is 1. The van der Waals surface area contributed by atoms with Crippen LogP contribution in [-0.4, -0.2) is 18.8 Å². The minimum atomic E-state index is -0.404. The molecule has 1 fully saturated rings. The zero-order valence-corrected chi connectivity index (χ0v) is 9.32. The van der Waals surface area contributed by atoms with Gasteiger partial charge in [0.1, 0.15) is 5.82 Å². The maximum Gasteiger partial charge on any atom is 0.274 e. The normalized spacial score (nSPS) is 19.9. The molecule has 1 amide bonds. The highest BCUT2D eigenvalue weighted by molar-refractivity contribution is 5.93. The largest absolute Gasteiger partial charge is 0.350 e. The van der Waals surface area contributed by atoms with Gasteiger partial charge in [0.05, 0.1) is 0 Å². The number of amides is 1. The van der Waals surface area contributed by atoms with Gasteiger partial charge in [-0.15, -0.1) is 0 Å². The molecule has 1 atom stereocenters. The summed E-state index contributed by atoms with van der Waals surface area (Å²) in [5, 5.41) is 0. The van der Waals surface area contributed by atoms with Gasteiger partial charge in [-0.1, -0.05) is 0 Å². The van der Waals surface area contributed by atoms with E-state index in [9.17, 15) is 9.18 Å². The summed E-state index contributed by atoms with van der Waals surface area (Å²) >= 11 is 0. The van der Waals surface area contributed by atoms with Crippen molar-refractivity contribution in [1.29, 1.82) is 0 Å². The van der Waals surface area contributed by atoms with E-state index in [0.717, 1.165) is 19.3 Å². The van der Waals surface area contributed by atoms with E-state index in [1.807, 2.05) is 0 Å². The van der Waals surface area contributed by atoms with Crippen molar-refractivity contribution in [1.82, 2.24) is 5.48 Å². The Kier molecular flexibility index (Phi) is 4.06. The van der Waals surface area contributed by atoms with E-state index in [2.05, 4.69) is 5.48 Å². The monoisotopic (exact) mass is 239 g/mol. The van der Waals surface area contributed by atoms with Gasteiger partial charge in [-0.2, -0.15) is 0 Å². The highest BCUT2D eigenvalue weighted by Gasteiger charge is 2.16. The molecule has 1 saturated heterocycles. The number of hydroxylamine groups is 1. The molecule has 1 aromatic rings. The average Bonchev–Trinajstić information content (AvgIpc) is 2.38. The zero-order chi connectivity index (χ0) is 12.1. The van der Waals surface area contributed by atoms with E-state index < -0.39 is 5.91 Å². The van der Waals surface area contributed by atoms with Crippen LogP contribution in [0.25, 0.3) is 0 Å². The molecule has 1 aliphatic rings. The van der Waals surface area contributed by atoms with Crippen molar-refractivity contribution >= 4 is 5.91 Å². The second-order valence-electron chi connectivity index (χ2n) is 3.85. The summed E-state index contributed by atoms with van der Waals surface area (Å²) in [7, 11) is 0. The van der Waals surface area contributed by atoms with Crippen LogP contribution >= 0.6 is 0 Å². The van der Waals surface area contributed by atoms with E-state index in [-0.39, 0.29) is 12.1 Å². The number of halogens is 1. The van der Waals surface area contributed by atoms with E-state index in [1.54, 1.807) is 0 Å². The summed E-state index contributed by atoms with van der Waals surface area (Å²) in [6.45, 7) is 0.650.